The Kier molecular flexibility index (Phi) is 5.20. The van der Waals surface area contributed by atoms with Crippen LogP contribution in [0.2, 0.25) is 16.1 Å². The average Bonchev–Trinajstić information content (AvgIpc) is 2.09. The fourth-order valence-corrected chi connectivity index (χ4v) is 10.1. The molecule has 0 aliphatic heterocycles. The fraction of sp³-hybridized carbons (Fsp3) is 0.786. The van der Waals surface area contributed by atoms with Crippen molar-refractivity contribution in [2.24, 2.45) is 0 Å². The van der Waals surface area contributed by atoms with Crippen molar-refractivity contribution in [3.63, 3.8) is 0 Å². The SMILES string of the molecule is CC(=C[Si](C(C)C)(C(C)C)C(C)(C)C)C(=O)O. The second kappa shape index (κ2) is 5.38. The van der Waals surface area contributed by atoms with Crippen molar-refractivity contribution in [3.8, 4) is 0 Å². The Morgan fingerprint density at radius 1 is 1.12 bits per heavy atom. The van der Waals surface area contributed by atoms with Gasteiger partial charge in [0.25, 0.3) is 0 Å². The number of hydrogen-bond donors (Lipinski definition) is 1. The Morgan fingerprint density at radius 3 is 1.65 bits per heavy atom. The maximum absolute atomic E-state index is 11.1. The lowest BCUT2D eigenvalue weighted by molar-refractivity contribution is -0.132. The zero-order valence-electron chi connectivity index (χ0n) is 12.6. The molecule has 100 valence electrons. The topological polar surface area (TPSA) is 37.3 Å². The standard InChI is InChI=1S/C14H28O2Si/c1-10(2)17(11(3)4,14(6,7)8)9-12(5)13(15)16/h9-11H,1-8H3,(H,15,16). The van der Waals surface area contributed by atoms with Crippen molar-refractivity contribution < 1.29 is 9.90 Å². The van der Waals surface area contributed by atoms with Gasteiger partial charge in [-0.25, -0.2) is 4.79 Å². The molecule has 2 nitrogen and oxygen atoms in total. The summed E-state index contributed by atoms with van der Waals surface area (Å²) < 4.78 is 0. The molecule has 0 saturated carbocycles. The van der Waals surface area contributed by atoms with Gasteiger partial charge in [-0.1, -0.05) is 54.2 Å². The molecule has 0 heterocycles. The molecule has 0 aliphatic carbocycles. The summed E-state index contributed by atoms with van der Waals surface area (Å²) in [6.45, 7) is 17.4. The fourth-order valence-electron chi connectivity index (χ4n) is 3.37. The van der Waals surface area contributed by atoms with Gasteiger partial charge in [0.1, 0.15) is 0 Å². The van der Waals surface area contributed by atoms with Gasteiger partial charge in [-0.2, -0.15) is 0 Å². The number of rotatable bonds is 4. The number of hydrogen-bond acceptors (Lipinski definition) is 1. The number of carbonyl (C=O) groups is 1. The molecule has 1 N–H and O–H groups in total. The molecular formula is C14H28O2Si. The lowest BCUT2D eigenvalue weighted by Crippen LogP contribution is -2.48. The summed E-state index contributed by atoms with van der Waals surface area (Å²) in [7, 11) is -1.82. The van der Waals surface area contributed by atoms with Gasteiger partial charge in [0.15, 0.2) is 0 Å². The third kappa shape index (κ3) is 3.21. The summed E-state index contributed by atoms with van der Waals surface area (Å²) in [5.41, 5.74) is 3.70. The quantitative estimate of drug-likeness (QED) is 0.588. The molecule has 0 rings (SSSR count). The Bertz CT molecular complexity index is 301. The van der Waals surface area contributed by atoms with Gasteiger partial charge in [0.2, 0.25) is 0 Å². The van der Waals surface area contributed by atoms with Crippen molar-refractivity contribution in [2.75, 3.05) is 0 Å². The van der Waals surface area contributed by atoms with E-state index in [-0.39, 0.29) is 5.04 Å². The second-order valence-corrected chi connectivity index (χ2v) is 12.6. The van der Waals surface area contributed by atoms with Crippen molar-refractivity contribution in [1.29, 1.82) is 0 Å². The van der Waals surface area contributed by atoms with Crippen LogP contribution in [0.5, 0.6) is 0 Å². The van der Waals surface area contributed by atoms with Crippen molar-refractivity contribution in [2.45, 2.75) is 71.5 Å². The van der Waals surface area contributed by atoms with E-state index in [9.17, 15) is 4.79 Å². The van der Waals surface area contributed by atoms with Gasteiger partial charge in [-0.05, 0) is 23.0 Å². The summed E-state index contributed by atoms with van der Waals surface area (Å²) in [4.78, 5) is 11.1. The van der Waals surface area contributed by atoms with Crippen LogP contribution in [-0.4, -0.2) is 19.1 Å². The molecule has 0 unspecified atom stereocenters. The zero-order chi connectivity index (χ0) is 14.0. The van der Waals surface area contributed by atoms with E-state index in [0.29, 0.717) is 16.7 Å². The highest BCUT2D eigenvalue weighted by Crippen LogP contribution is 2.51. The third-order valence-corrected chi connectivity index (χ3v) is 11.3. The molecule has 0 fully saturated rings. The van der Waals surface area contributed by atoms with E-state index in [4.69, 9.17) is 5.11 Å². The van der Waals surface area contributed by atoms with Gasteiger partial charge in [-0.3, -0.25) is 0 Å². The van der Waals surface area contributed by atoms with Crippen LogP contribution in [-0.2, 0) is 4.79 Å². The normalized spacial score (nSPS) is 14.6. The molecule has 0 aromatic rings. The molecule has 0 radical (unpaired) electrons. The summed E-state index contributed by atoms with van der Waals surface area (Å²) in [5.74, 6) is -0.785. The zero-order valence-corrected chi connectivity index (χ0v) is 13.6. The number of carboxylic acid groups (broad SMARTS) is 1. The van der Waals surface area contributed by atoms with Gasteiger partial charge in [-0.15, -0.1) is 0 Å². The first-order valence-corrected chi connectivity index (χ1v) is 8.62. The highest BCUT2D eigenvalue weighted by atomic mass is 28.3. The first-order valence-electron chi connectivity index (χ1n) is 6.39. The van der Waals surface area contributed by atoms with E-state index in [1.54, 1.807) is 6.92 Å². The van der Waals surface area contributed by atoms with Crippen LogP contribution in [0.4, 0.5) is 0 Å². The van der Waals surface area contributed by atoms with Crippen LogP contribution < -0.4 is 0 Å². The minimum absolute atomic E-state index is 0.173. The molecule has 17 heavy (non-hydrogen) atoms. The average molecular weight is 256 g/mol. The van der Waals surface area contributed by atoms with Crippen molar-refractivity contribution in [1.82, 2.24) is 0 Å². The van der Waals surface area contributed by atoms with Gasteiger partial charge < -0.3 is 5.11 Å². The highest BCUT2D eigenvalue weighted by Gasteiger charge is 2.47. The predicted molar refractivity (Wildman–Crippen MR) is 77.1 cm³/mol. The van der Waals surface area contributed by atoms with E-state index in [0.717, 1.165) is 0 Å². The molecule has 0 aromatic heterocycles. The van der Waals surface area contributed by atoms with Crippen LogP contribution in [0.1, 0.15) is 55.4 Å². The van der Waals surface area contributed by atoms with E-state index in [2.05, 4.69) is 54.2 Å². The molecule has 0 amide bonds. The highest BCUT2D eigenvalue weighted by molar-refractivity contribution is 6.89. The van der Waals surface area contributed by atoms with Crippen LogP contribution in [0, 0.1) is 0 Å². The van der Waals surface area contributed by atoms with Crippen molar-refractivity contribution in [3.05, 3.63) is 11.3 Å². The Morgan fingerprint density at radius 2 is 1.47 bits per heavy atom. The summed E-state index contributed by atoms with van der Waals surface area (Å²) >= 11 is 0. The Hall–Kier alpha value is -0.573. The van der Waals surface area contributed by atoms with Crippen LogP contribution in [0.3, 0.4) is 0 Å². The molecular weight excluding hydrogens is 228 g/mol. The minimum Gasteiger partial charge on any atom is -0.478 e. The molecule has 0 spiro atoms. The van der Waals surface area contributed by atoms with Crippen LogP contribution in [0.25, 0.3) is 0 Å². The minimum atomic E-state index is -1.82. The summed E-state index contributed by atoms with van der Waals surface area (Å²) in [6, 6.07) is 0. The summed E-state index contributed by atoms with van der Waals surface area (Å²) in [5, 5.41) is 9.30. The Balaban J connectivity index is 5.85. The Labute approximate surface area is 107 Å². The molecule has 0 aliphatic rings. The lowest BCUT2D eigenvalue weighted by Gasteiger charge is -2.48. The first-order chi connectivity index (χ1) is 7.46. The molecule has 0 bridgehead atoms. The van der Waals surface area contributed by atoms with Gasteiger partial charge in [0.05, 0.1) is 8.07 Å². The van der Waals surface area contributed by atoms with E-state index >= 15 is 0 Å². The summed E-state index contributed by atoms with van der Waals surface area (Å²) in [6.07, 6.45) is 0. The van der Waals surface area contributed by atoms with Gasteiger partial charge >= 0.3 is 5.97 Å². The lowest BCUT2D eigenvalue weighted by atomic mass is 10.2. The van der Waals surface area contributed by atoms with E-state index in [1.165, 1.54) is 0 Å². The number of carboxylic acids is 1. The first kappa shape index (κ1) is 16.4. The van der Waals surface area contributed by atoms with E-state index in [1.807, 2.05) is 0 Å². The van der Waals surface area contributed by atoms with Crippen molar-refractivity contribution >= 4 is 14.0 Å². The smallest absolute Gasteiger partial charge is 0.330 e. The maximum Gasteiger partial charge on any atom is 0.330 e. The van der Waals surface area contributed by atoms with Crippen LogP contribution >= 0.6 is 0 Å². The molecule has 0 saturated heterocycles. The maximum atomic E-state index is 11.1. The van der Waals surface area contributed by atoms with E-state index < -0.39 is 14.0 Å². The van der Waals surface area contributed by atoms with Gasteiger partial charge in [0, 0.05) is 5.57 Å². The predicted octanol–water partition coefficient (Wildman–Crippen LogP) is 4.63. The van der Waals surface area contributed by atoms with Crippen LogP contribution in [0.15, 0.2) is 11.3 Å². The largest absolute Gasteiger partial charge is 0.478 e. The number of aliphatic carboxylic acids is 1. The molecule has 3 heteroatoms. The second-order valence-electron chi connectivity index (χ2n) is 6.62. The molecule has 0 aromatic carbocycles. The monoisotopic (exact) mass is 256 g/mol. The third-order valence-electron chi connectivity index (χ3n) is 4.00. The molecule has 0 atom stereocenters.